The Morgan fingerprint density at radius 3 is 2.74 bits per heavy atom. The van der Waals surface area contributed by atoms with E-state index in [9.17, 15) is 14.0 Å². The van der Waals surface area contributed by atoms with Gasteiger partial charge in [-0.3, -0.25) is 4.79 Å². The molecule has 0 radical (unpaired) electrons. The minimum absolute atomic E-state index is 0.196. The van der Waals surface area contributed by atoms with Crippen molar-refractivity contribution in [3.63, 3.8) is 0 Å². The number of hydrogen-bond donors (Lipinski definition) is 1. The molecule has 7 heteroatoms. The second-order valence-corrected chi connectivity index (χ2v) is 5.83. The lowest BCUT2D eigenvalue weighted by molar-refractivity contribution is 0.0519. The molecule has 0 fully saturated rings. The molecule has 3 aromatic rings. The molecule has 0 aliphatic rings. The van der Waals surface area contributed by atoms with Crippen LogP contribution in [-0.2, 0) is 4.74 Å². The monoisotopic (exact) mass is 367 g/mol. The number of anilines is 1. The summed E-state index contributed by atoms with van der Waals surface area (Å²) in [6.07, 6.45) is 1.63. The molecular formula is C20H18FN3O3. The van der Waals surface area contributed by atoms with Crippen molar-refractivity contribution in [3.05, 3.63) is 77.4 Å². The van der Waals surface area contributed by atoms with Crippen LogP contribution in [0.5, 0.6) is 0 Å². The van der Waals surface area contributed by atoms with E-state index in [4.69, 9.17) is 4.74 Å². The van der Waals surface area contributed by atoms with Crippen molar-refractivity contribution >= 4 is 17.6 Å². The third-order valence-corrected chi connectivity index (χ3v) is 3.88. The van der Waals surface area contributed by atoms with Gasteiger partial charge in [-0.25, -0.2) is 13.9 Å². The first kappa shape index (κ1) is 18.3. The predicted octanol–water partition coefficient (Wildman–Crippen LogP) is 3.75. The molecule has 0 atom stereocenters. The molecule has 6 nitrogen and oxygen atoms in total. The molecule has 2 aromatic carbocycles. The number of nitrogens with zero attached hydrogens (tertiary/aromatic N) is 2. The molecule has 0 aliphatic heterocycles. The number of amides is 1. The van der Waals surface area contributed by atoms with Crippen LogP contribution in [0.1, 0.15) is 33.3 Å². The number of aromatic nitrogens is 2. The third-order valence-electron chi connectivity index (χ3n) is 3.88. The van der Waals surface area contributed by atoms with Crippen LogP contribution in [0.2, 0.25) is 0 Å². The maximum absolute atomic E-state index is 13.7. The molecule has 0 spiro atoms. The zero-order chi connectivity index (χ0) is 19.4. The van der Waals surface area contributed by atoms with Crippen LogP contribution in [0, 0.1) is 12.7 Å². The molecule has 0 aliphatic carbocycles. The predicted molar refractivity (Wildman–Crippen MR) is 98.6 cm³/mol. The highest BCUT2D eigenvalue weighted by Crippen LogP contribution is 2.17. The van der Waals surface area contributed by atoms with E-state index in [1.165, 1.54) is 10.7 Å². The minimum Gasteiger partial charge on any atom is -0.461 e. The fourth-order valence-corrected chi connectivity index (χ4v) is 2.45. The Labute approximate surface area is 155 Å². The maximum Gasteiger partial charge on any atom is 0.358 e. The van der Waals surface area contributed by atoms with Gasteiger partial charge >= 0.3 is 5.97 Å². The van der Waals surface area contributed by atoms with Gasteiger partial charge in [0, 0.05) is 17.4 Å². The molecule has 0 saturated carbocycles. The average Bonchev–Trinajstić information content (AvgIpc) is 3.15. The van der Waals surface area contributed by atoms with E-state index in [0.29, 0.717) is 16.9 Å². The van der Waals surface area contributed by atoms with Crippen molar-refractivity contribution in [3.8, 4) is 5.69 Å². The first-order valence-electron chi connectivity index (χ1n) is 8.38. The first-order chi connectivity index (χ1) is 13.0. The van der Waals surface area contributed by atoms with Crippen LogP contribution in [0.3, 0.4) is 0 Å². The second kappa shape index (κ2) is 7.82. The second-order valence-electron chi connectivity index (χ2n) is 5.83. The Morgan fingerprint density at radius 2 is 2.00 bits per heavy atom. The van der Waals surface area contributed by atoms with Gasteiger partial charge < -0.3 is 10.1 Å². The third kappa shape index (κ3) is 4.20. The summed E-state index contributed by atoms with van der Waals surface area (Å²) >= 11 is 0. The molecular weight excluding hydrogens is 349 g/mol. The van der Waals surface area contributed by atoms with Crippen molar-refractivity contribution in [1.82, 2.24) is 9.78 Å². The van der Waals surface area contributed by atoms with Crippen molar-refractivity contribution in [2.75, 3.05) is 11.9 Å². The normalized spacial score (nSPS) is 10.5. The van der Waals surface area contributed by atoms with E-state index < -0.39 is 17.7 Å². The van der Waals surface area contributed by atoms with Crippen LogP contribution in [0.25, 0.3) is 5.69 Å². The Kier molecular flexibility index (Phi) is 5.30. The summed E-state index contributed by atoms with van der Waals surface area (Å²) in [5.74, 6) is -1.35. The highest BCUT2D eigenvalue weighted by Gasteiger charge is 2.12. The smallest absolute Gasteiger partial charge is 0.358 e. The van der Waals surface area contributed by atoms with Crippen LogP contribution >= 0.6 is 0 Å². The molecule has 138 valence electrons. The molecule has 1 aromatic heterocycles. The molecule has 0 unspecified atom stereocenters. The van der Waals surface area contributed by atoms with Gasteiger partial charge in [0.05, 0.1) is 12.3 Å². The average molecular weight is 367 g/mol. The Bertz CT molecular complexity index is 998. The van der Waals surface area contributed by atoms with E-state index in [0.717, 1.165) is 0 Å². The number of benzene rings is 2. The minimum atomic E-state index is -0.498. The number of nitrogens with one attached hydrogen (secondary N) is 1. The fraction of sp³-hybridized carbons (Fsp3) is 0.150. The van der Waals surface area contributed by atoms with E-state index >= 15 is 0 Å². The van der Waals surface area contributed by atoms with Gasteiger partial charge in [0.2, 0.25) is 0 Å². The quantitative estimate of drug-likeness (QED) is 0.697. The van der Waals surface area contributed by atoms with Crippen LogP contribution in [-0.4, -0.2) is 28.3 Å². The fourth-order valence-electron chi connectivity index (χ4n) is 2.45. The number of esters is 1. The maximum atomic E-state index is 13.7. The van der Waals surface area contributed by atoms with Crippen LogP contribution in [0.4, 0.5) is 10.1 Å². The summed E-state index contributed by atoms with van der Waals surface area (Å²) < 4.78 is 20.1. The number of hydrogen-bond acceptors (Lipinski definition) is 4. The highest BCUT2D eigenvalue weighted by molar-refractivity contribution is 6.04. The van der Waals surface area contributed by atoms with E-state index in [-0.39, 0.29) is 17.9 Å². The first-order valence-corrected chi connectivity index (χ1v) is 8.38. The van der Waals surface area contributed by atoms with Gasteiger partial charge in [-0.05, 0) is 55.8 Å². The molecule has 27 heavy (non-hydrogen) atoms. The van der Waals surface area contributed by atoms with Crippen LogP contribution in [0.15, 0.2) is 54.7 Å². The van der Waals surface area contributed by atoms with Crippen LogP contribution < -0.4 is 5.32 Å². The highest BCUT2D eigenvalue weighted by atomic mass is 19.1. The number of aryl methyl sites for hydroxylation is 1. The summed E-state index contributed by atoms with van der Waals surface area (Å²) in [5, 5.41) is 6.91. The van der Waals surface area contributed by atoms with Crippen molar-refractivity contribution in [2.45, 2.75) is 13.8 Å². The summed E-state index contributed by atoms with van der Waals surface area (Å²) in [5.41, 5.74) is 2.07. The SMILES string of the molecule is CCOC(=O)c1ccn(-c2cccc(NC(=O)c3ccc(C)c(F)c3)c2)n1. The largest absolute Gasteiger partial charge is 0.461 e. The lowest BCUT2D eigenvalue weighted by Crippen LogP contribution is -2.12. The summed E-state index contributed by atoms with van der Waals surface area (Å²) in [6.45, 7) is 3.63. The van der Waals surface area contributed by atoms with Crippen molar-refractivity contribution in [2.24, 2.45) is 0 Å². The van der Waals surface area contributed by atoms with Gasteiger partial charge in [0.1, 0.15) is 5.82 Å². The van der Waals surface area contributed by atoms with Gasteiger partial charge in [-0.2, -0.15) is 5.10 Å². The zero-order valence-corrected chi connectivity index (χ0v) is 14.9. The van der Waals surface area contributed by atoms with E-state index in [2.05, 4.69) is 10.4 Å². The van der Waals surface area contributed by atoms with E-state index in [1.807, 2.05) is 0 Å². The number of halogens is 1. The Morgan fingerprint density at radius 1 is 1.19 bits per heavy atom. The van der Waals surface area contributed by atoms with Gasteiger partial charge in [0.15, 0.2) is 5.69 Å². The standard InChI is InChI=1S/C20H18FN3O3/c1-3-27-20(26)18-9-10-24(23-18)16-6-4-5-15(12-16)22-19(25)14-8-7-13(2)17(21)11-14/h4-12H,3H2,1-2H3,(H,22,25). The van der Waals surface area contributed by atoms with Gasteiger partial charge in [-0.1, -0.05) is 12.1 Å². The van der Waals surface area contributed by atoms with Crippen molar-refractivity contribution in [1.29, 1.82) is 0 Å². The number of carbonyl (C=O) groups is 2. The summed E-state index contributed by atoms with van der Waals surface area (Å²) in [4.78, 5) is 24.1. The molecule has 0 bridgehead atoms. The zero-order valence-electron chi connectivity index (χ0n) is 14.9. The molecule has 0 saturated heterocycles. The summed E-state index contributed by atoms with van der Waals surface area (Å²) in [6, 6.07) is 12.8. The number of carbonyl (C=O) groups excluding carboxylic acids is 2. The summed E-state index contributed by atoms with van der Waals surface area (Å²) in [7, 11) is 0. The molecule has 1 amide bonds. The lowest BCUT2D eigenvalue weighted by atomic mass is 10.1. The van der Waals surface area contributed by atoms with Crippen molar-refractivity contribution < 1.29 is 18.7 Å². The lowest BCUT2D eigenvalue weighted by Gasteiger charge is -2.08. The topological polar surface area (TPSA) is 73.2 Å². The van der Waals surface area contributed by atoms with Gasteiger partial charge in [-0.15, -0.1) is 0 Å². The molecule has 1 N–H and O–H groups in total. The molecule has 1 heterocycles. The Hall–Kier alpha value is -3.48. The van der Waals surface area contributed by atoms with Gasteiger partial charge in [0.25, 0.3) is 5.91 Å². The molecule has 3 rings (SSSR count). The van der Waals surface area contributed by atoms with E-state index in [1.54, 1.807) is 62.5 Å². The number of rotatable bonds is 5. The Balaban J connectivity index is 1.78. The number of ether oxygens (including phenoxy) is 1.